The normalized spacial score (nSPS) is 10.3. The van der Waals surface area contributed by atoms with Crippen LogP contribution in [0.15, 0.2) is 29.9 Å². The Morgan fingerprint density at radius 2 is 2.17 bits per heavy atom. The highest BCUT2D eigenvalue weighted by molar-refractivity contribution is 7.09. The van der Waals surface area contributed by atoms with E-state index in [0.29, 0.717) is 5.95 Å². The summed E-state index contributed by atoms with van der Waals surface area (Å²) in [6.07, 6.45) is 2.67. The third-order valence-corrected chi connectivity index (χ3v) is 3.34. The molecule has 2 aromatic rings. The lowest BCUT2D eigenvalue weighted by Gasteiger charge is -2.19. The van der Waals surface area contributed by atoms with Gasteiger partial charge in [-0.05, 0) is 18.4 Å². The van der Waals surface area contributed by atoms with Crippen LogP contribution in [0.1, 0.15) is 22.2 Å². The summed E-state index contributed by atoms with van der Waals surface area (Å²) in [5, 5.41) is 10.8. The maximum Gasteiger partial charge on any atom is 0.338 e. The van der Waals surface area contributed by atoms with E-state index >= 15 is 0 Å². The smallest absolute Gasteiger partial charge is 0.338 e. The summed E-state index contributed by atoms with van der Waals surface area (Å²) in [4.78, 5) is 22.1. The average Bonchev–Trinajstić information content (AvgIpc) is 2.89. The van der Waals surface area contributed by atoms with Crippen LogP contribution in [-0.4, -0.2) is 27.6 Å². The number of carboxylic acid groups (broad SMARTS) is 1. The molecule has 1 N–H and O–H groups in total. The molecule has 6 heteroatoms. The third-order valence-electron chi connectivity index (χ3n) is 2.48. The molecule has 18 heavy (non-hydrogen) atoms. The standard InChI is InChI=1S/C12H13N3O2S/c1-2-15(8-10-4-3-5-18-10)12-13-6-9(7-14-12)11(16)17/h3-7H,2,8H2,1H3,(H,16,17). The molecule has 2 heterocycles. The molecule has 0 aromatic carbocycles. The summed E-state index contributed by atoms with van der Waals surface area (Å²) < 4.78 is 0. The summed E-state index contributed by atoms with van der Waals surface area (Å²) in [6.45, 7) is 3.52. The van der Waals surface area contributed by atoms with Gasteiger partial charge >= 0.3 is 5.97 Å². The van der Waals surface area contributed by atoms with Gasteiger partial charge in [0.1, 0.15) is 0 Å². The number of hydrogen-bond donors (Lipinski definition) is 1. The fourth-order valence-electron chi connectivity index (χ4n) is 1.51. The number of aromatic nitrogens is 2. The number of nitrogens with zero attached hydrogens (tertiary/aromatic N) is 3. The number of hydrogen-bond acceptors (Lipinski definition) is 5. The van der Waals surface area contributed by atoms with E-state index in [9.17, 15) is 4.79 Å². The average molecular weight is 263 g/mol. The fraction of sp³-hybridized carbons (Fsp3) is 0.250. The van der Waals surface area contributed by atoms with E-state index in [4.69, 9.17) is 5.11 Å². The van der Waals surface area contributed by atoms with Crippen molar-refractivity contribution in [3.8, 4) is 0 Å². The van der Waals surface area contributed by atoms with Crippen molar-refractivity contribution in [3.63, 3.8) is 0 Å². The summed E-state index contributed by atoms with van der Waals surface area (Å²) >= 11 is 1.68. The van der Waals surface area contributed by atoms with Gasteiger partial charge in [0.15, 0.2) is 0 Å². The van der Waals surface area contributed by atoms with Crippen molar-refractivity contribution < 1.29 is 9.90 Å². The lowest BCUT2D eigenvalue weighted by atomic mass is 10.3. The van der Waals surface area contributed by atoms with Crippen LogP contribution in [0.25, 0.3) is 0 Å². The molecule has 2 aromatic heterocycles. The number of thiophene rings is 1. The van der Waals surface area contributed by atoms with Gasteiger partial charge in [0.2, 0.25) is 5.95 Å². The van der Waals surface area contributed by atoms with E-state index in [2.05, 4.69) is 16.0 Å². The monoisotopic (exact) mass is 263 g/mol. The van der Waals surface area contributed by atoms with E-state index in [1.54, 1.807) is 11.3 Å². The molecule has 0 bridgehead atoms. The first kappa shape index (κ1) is 12.5. The zero-order chi connectivity index (χ0) is 13.0. The first-order valence-electron chi connectivity index (χ1n) is 5.53. The molecule has 0 aliphatic carbocycles. The first-order chi connectivity index (χ1) is 8.70. The number of rotatable bonds is 5. The highest BCUT2D eigenvalue weighted by Gasteiger charge is 2.10. The maximum absolute atomic E-state index is 10.7. The Hall–Kier alpha value is -1.95. The minimum atomic E-state index is -1.01. The Morgan fingerprint density at radius 1 is 1.44 bits per heavy atom. The van der Waals surface area contributed by atoms with Crippen LogP contribution in [0.5, 0.6) is 0 Å². The second-order valence-electron chi connectivity index (χ2n) is 3.67. The zero-order valence-electron chi connectivity index (χ0n) is 9.91. The topological polar surface area (TPSA) is 66.3 Å². The lowest BCUT2D eigenvalue weighted by Crippen LogP contribution is -2.23. The zero-order valence-corrected chi connectivity index (χ0v) is 10.7. The fourth-order valence-corrected chi connectivity index (χ4v) is 2.23. The maximum atomic E-state index is 10.7. The molecular formula is C12H13N3O2S. The van der Waals surface area contributed by atoms with Crippen LogP contribution < -0.4 is 4.90 Å². The summed E-state index contributed by atoms with van der Waals surface area (Å²) in [5.74, 6) is -0.459. The molecule has 2 rings (SSSR count). The molecule has 0 fully saturated rings. The van der Waals surface area contributed by atoms with Crippen molar-refractivity contribution in [2.75, 3.05) is 11.4 Å². The molecule has 0 saturated heterocycles. The van der Waals surface area contributed by atoms with E-state index < -0.39 is 5.97 Å². The van der Waals surface area contributed by atoms with Crippen molar-refractivity contribution in [2.24, 2.45) is 0 Å². The first-order valence-corrected chi connectivity index (χ1v) is 6.41. The predicted octanol–water partition coefficient (Wildman–Crippen LogP) is 2.26. The molecule has 0 aliphatic rings. The molecule has 0 unspecified atom stereocenters. The van der Waals surface area contributed by atoms with Crippen molar-refractivity contribution in [1.29, 1.82) is 0 Å². The third kappa shape index (κ3) is 2.84. The van der Waals surface area contributed by atoms with Gasteiger partial charge in [-0.2, -0.15) is 0 Å². The van der Waals surface area contributed by atoms with E-state index in [-0.39, 0.29) is 5.56 Å². The Kier molecular flexibility index (Phi) is 3.88. The van der Waals surface area contributed by atoms with Gasteiger partial charge in [-0.25, -0.2) is 14.8 Å². The molecule has 0 radical (unpaired) electrons. The molecule has 0 aliphatic heterocycles. The van der Waals surface area contributed by atoms with E-state index in [1.807, 2.05) is 23.3 Å². The van der Waals surface area contributed by atoms with Crippen molar-refractivity contribution >= 4 is 23.3 Å². The van der Waals surface area contributed by atoms with Gasteiger partial charge in [0.05, 0.1) is 12.1 Å². The van der Waals surface area contributed by atoms with E-state index in [0.717, 1.165) is 13.1 Å². The number of anilines is 1. The van der Waals surface area contributed by atoms with Crippen LogP contribution in [0.3, 0.4) is 0 Å². The van der Waals surface area contributed by atoms with Gasteiger partial charge in [0.25, 0.3) is 0 Å². The van der Waals surface area contributed by atoms with Gasteiger partial charge in [-0.1, -0.05) is 6.07 Å². The molecule has 0 saturated carbocycles. The Bertz CT molecular complexity index is 511. The van der Waals surface area contributed by atoms with Gasteiger partial charge in [-0.3, -0.25) is 0 Å². The SMILES string of the molecule is CCN(Cc1cccs1)c1ncc(C(=O)O)cn1. The summed E-state index contributed by atoms with van der Waals surface area (Å²) in [7, 11) is 0. The van der Waals surface area contributed by atoms with Crippen LogP contribution in [0.4, 0.5) is 5.95 Å². The minimum Gasteiger partial charge on any atom is -0.478 e. The number of carbonyl (C=O) groups is 1. The summed E-state index contributed by atoms with van der Waals surface area (Å²) in [5.41, 5.74) is 0.103. The molecule has 94 valence electrons. The number of carboxylic acids is 1. The second-order valence-corrected chi connectivity index (χ2v) is 4.70. The lowest BCUT2D eigenvalue weighted by molar-refractivity contribution is 0.0696. The van der Waals surface area contributed by atoms with Crippen LogP contribution in [0, 0.1) is 0 Å². The largest absolute Gasteiger partial charge is 0.478 e. The molecule has 0 atom stereocenters. The predicted molar refractivity (Wildman–Crippen MR) is 70.0 cm³/mol. The number of aromatic carboxylic acids is 1. The highest BCUT2D eigenvalue weighted by atomic mass is 32.1. The molecule has 0 amide bonds. The van der Waals surface area contributed by atoms with Gasteiger partial charge in [-0.15, -0.1) is 11.3 Å². The second kappa shape index (κ2) is 5.59. The Labute approximate surface area is 109 Å². The Balaban J connectivity index is 2.14. The van der Waals surface area contributed by atoms with Gasteiger partial charge in [0, 0.05) is 23.8 Å². The van der Waals surface area contributed by atoms with Crippen molar-refractivity contribution in [1.82, 2.24) is 9.97 Å². The van der Waals surface area contributed by atoms with Crippen LogP contribution in [-0.2, 0) is 6.54 Å². The molecule has 0 spiro atoms. The minimum absolute atomic E-state index is 0.103. The van der Waals surface area contributed by atoms with Crippen molar-refractivity contribution in [3.05, 3.63) is 40.3 Å². The van der Waals surface area contributed by atoms with E-state index in [1.165, 1.54) is 17.3 Å². The quantitative estimate of drug-likeness (QED) is 0.896. The molecule has 5 nitrogen and oxygen atoms in total. The Morgan fingerprint density at radius 3 is 2.67 bits per heavy atom. The summed E-state index contributed by atoms with van der Waals surface area (Å²) in [6, 6.07) is 4.06. The van der Waals surface area contributed by atoms with Crippen LogP contribution in [0.2, 0.25) is 0 Å². The molecular weight excluding hydrogens is 250 g/mol. The van der Waals surface area contributed by atoms with Crippen LogP contribution >= 0.6 is 11.3 Å². The van der Waals surface area contributed by atoms with Gasteiger partial charge < -0.3 is 10.0 Å². The highest BCUT2D eigenvalue weighted by Crippen LogP contribution is 2.15. The van der Waals surface area contributed by atoms with Crippen molar-refractivity contribution in [2.45, 2.75) is 13.5 Å².